The zero-order valence-electron chi connectivity index (χ0n) is 10.7. The van der Waals surface area contributed by atoms with E-state index >= 15 is 0 Å². The summed E-state index contributed by atoms with van der Waals surface area (Å²) >= 11 is 0. The SMILES string of the molecule is CCNCc1cnc(-n2ncc3ccccc32)nc1. The predicted molar refractivity (Wildman–Crippen MR) is 74.0 cm³/mol. The van der Waals surface area contributed by atoms with E-state index in [0.29, 0.717) is 5.95 Å². The first-order chi connectivity index (χ1) is 9.38. The summed E-state index contributed by atoms with van der Waals surface area (Å²) in [6.07, 6.45) is 5.49. The molecule has 2 heterocycles. The van der Waals surface area contributed by atoms with Crippen LogP contribution in [0.5, 0.6) is 0 Å². The van der Waals surface area contributed by atoms with Crippen LogP contribution in [0.2, 0.25) is 0 Å². The lowest BCUT2D eigenvalue weighted by Gasteiger charge is -2.04. The van der Waals surface area contributed by atoms with Gasteiger partial charge in [-0.1, -0.05) is 25.1 Å². The van der Waals surface area contributed by atoms with Crippen LogP contribution in [0.15, 0.2) is 42.9 Å². The van der Waals surface area contributed by atoms with Crippen molar-refractivity contribution in [3.63, 3.8) is 0 Å². The maximum atomic E-state index is 4.37. The number of nitrogens with zero attached hydrogens (tertiary/aromatic N) is 4. The van der Waals surface area contributed by atoms with Gasteiger partial charge in [-0.05, 0) is 12.6 Å². The lowest BCUT2D eigenvalue weighted by atomic mass is 10.3. The Balaban J connectivity index is 1.93. The maximum Gasteiger partial charge on any atom is 0.251 e. The number of nitrogens with one attached hydrogen (secondary N) is 1. The number of para-hydroxylation sites is 1. The van der Waals surface area contributed by atoms with Crippen LogP contribution in [-0.4, -0.2) is 26.3 Å². The monoisotopic (exact) mass is 253 g/mol. The molecule has 0 amide bonds. The van der Waals surface area contributed by atoms with Crippen molar-refractivity contribution < 1.29 is 0 Å². The molecular formula is C14H15N5. The first kappa shape index (κ1) is 11.8. The number of fused-ring (bicyclic) bond motifs is 1. The van der Waals surface area contributed by atoms with Gasteiger partial charge in [0.2, 0.25) is 0 Å². The predicted octanol–water partition coefficient (Wildman–Crippen LogP) is 1.92. The minimum atomic E-state index is 0.599. The van der Waals surface area contributed by atoms with Gasteiger partial charge in [-0.15, -0.1) is 0 Å². The first-order valence-electron chi connectivity index (χ1n) is 6.33. The van der Waals surface area contributed by atoms with Crippen molar-refractivity contribution in [1.82, 2.24) is 25.1 Å². The molecule has 1 aromatic carbocycles. The van der Waals surface area contributed by atoms with Crippen LogP contribution in [-0.2, 0) is 6.54 Å². The average Bonchev–Trinajstić information content (AvgIpc) is 2.90. The summed E-state index contributed by atoms with van der Waals surface area (Å²) in [5.74, 6) is 0.599. The van der Waals surface area contributed by atoms with Crippen molar-refractivity contribution in [3.05, 3.63) is 48.4 Å². The van der Waals surface area contributed by atoms with Crippen LogP contribution in [0, 0.1) is 0 Å². The highest BCUT2D eigenvalue weighted by atomic mass is 15.3. The van der Waals surface area contributed by atoms with Gasteiger partial charge in [0.05, 0.1) is 11.7 Å². The van der Waals surface area contributed by atoms with Gasteiger partial charge in [0, 0.05) is 29.9 Å². The first-order valence-corrected chi connectivity index (χ1v) is 6.33. The zero-order chi connectivity index (χ0) is 13.1. The highest BCUT2D eigenvalue weighted by Crippen LogP contribution is 2.15. The van der Waals surface area contributed by atoms with Crippen LogP contribution >= 0.6 is 0 Å². The Bertz CT molecular complexity index is 672. The third kappa shape index (κ3) is 2.32. The molecule has 2 aromatic heterocycles. The topological polar surface area (TPSA) is 55.6 Å². The van der Waals surface area contributed by atoms with Gasteiger partial charge in [-0.2, -0.15) is 9.78 Å². The molecule has 0 unspecified atom stereocenters. The van der Waals surface area contributed by atoms with Crippen LogP contribution in [0.4, 0.5) is 0 Å². The van der Waals surface area contributed by atoms with E-state index in [0.717, 1.165) is 29.6 Å². The Kier molecular flexibility index (Phi) is 3.20. The molecule has 0 saturated carbocycles. The number of hydrogen-bond donors (Lipinski definition) is 1. The Morgan fingerprint density at radius 1 is 1.11 bits per heavy atom. The van der Waals surface area contributed by atoms with Crippen molar-refractivity contribution in [2.75, 3.05) is 6.54 Å². The number of hydrogen-bond acceptors (Lipinski definition) is 4. The number of benzene rings is 1. The van der Waals surface area contributed by atoms with Gasteiger partial charge < -0.3 is 5.32 Å². The molecular weight excluding hydrogens is 238 g/mol. The summed E-state index contributed by atoms with van der Waals surface area (Å²) < 4.78 is 1.76. The van der Waals surface area contributed by atoms with Gasteiger partial charge in [-0.3, -0.25) is 0 Å². The quantitative estimate of drug-likeness (QED) is 0.772. The molecule has 0 bridgehead atoms. The number of rotatable bonds is 4. The van der Waals surface area contributed by atoms with Gasteiger partial charge in [0.15, 0.2) is 0 Å². The molecule has 3 aromatic rings. The van der Waals surface area contributed by atoms with Crippen molar-refractivity contribution in [3.8, 4) is 5.95 Å². The molecule has 3 rings (SSSR count). The third-order valence-corrected chi connectivity index (χ3v) is 2.94. The molecule has 0 aliphatic carbocycles. The van der Waals surface area contributed by atoms with Gasteiger partial charge in [0.1, 0.15) is 0 Å². The van der Waals surface area contributed by atoms with Crippen molar-refractivity contribution in [2.24, 2.45) is 0 Å². The molecule has 1 N–H and O–H groups in total. The van der Waals surface area contributed by atoms with Crippen molar-refractivity contribution >= 4 is 10.9 Å². The molecule has 0 aliphatic rings. The minimum absolute atomic E-state index is 0.599. The Labute approximate surface area is 111 Å². The number of aromatic nitrogens is 4. The van der Waals surface area contributed by atoms with E-state index in [-0.39, 0.29) is 0 Å². The van der Waals surface area contributed by atoms with E-state index in [1.54, 1.807) is 4.68 Å². The van der Waals surface area contributed by atoms with Gasteiger partial charge >= 0.3 is 0 Å². The Hall–Kier alpha value is -2.27. The largest absolute Gasteiger partial charge is 0.313 e. The molecule has 0 radical (unpaired) electrons. The van der Waals surface area contributed by atoms with Crippen LogP contribution in [0.1, 0.15) is 12.5 Å². The summed E-state index contributed by atoms with van der Waals surface area (Å²) in [6.45, 7) is 3.80. The fraction of sp³-hybridized carbons (Fsp3) is 0.214. The summed E-state index contributed by atoms with van der Waals surface area (Å²) in [4.78, 5) is 8.75. The van der Waals surface area contributed by atoms with E-state index in [1.165, 1.54) is 0 Å². The molecule has 5 heteroatoms. The molecule has 0 fully saturated rings. The Morgan fingerprint density at radius 2 is 1.89 bits per heavy atom. The van der Waals surface area contributed by atoms with E-state index in [4.69, 9.17) is 0 Å². The second-order valence-corrected chi connectivity index (χ2v) is 4.29. The summed E-state index contributed by atoms with van der Waals surface area (Å²) in [6, 6.07) is 8.02. The summed E-state index contributed by atoms with van der Waals surface area (Å²) in [5, 5.41) is 8.67. The van der Waals surface area contributed by atoms with E-state index in [9.17, 15) is 0 Å². The normalized spacial score (nSPS) is 11.0. The van der Waals surface area contributed by atoms with Gasteiger partial charge in [0.25, 0.3) is 5.95 Å². The fourth-order valence-corrected chi connectivity index (χ4v) is 1.95. The third-order valence-electron chi connectivity index (χ3n) is 2.94. The highest BCUT2D eigenvalue weighted by molar-refractivity contribution is 5.79. The summed E-state index contributed by atoms with van der Waals surface area (Å²) in [5.41, 5.74) is 2.09. The van der Waals surface area contributed by atoms with Crippen molar-refractivity contribution in [2.45, 2.75) is 13.5 Å². The highest BCUT2D eigenvalue weighted by Gasteiger charge is 2.06. The van der Waals surface area contributed by atoms with Gasteiger partial charge in [-0.25, -0.2) is 9.97 Å². The summed E-state index contributed by atoms with van der Waals surface area (Å²) in [7, 11) is 0. The molecule has 96 valence electrons. The van der Waals surface area contributed by atoms with Crippen LogP contribution in [0.3, 0.4) is 0 Å². The zero-order valence-corrected chi connectivity index (χ0v) is 10.7. The average molecular weight is 253 g/mol. The van der Waals surface area contributed by atoms with Crippen LogP contribution < -0.4 is 5.32 Å². The van der Waals surface area contributed by atoms with Crippen molar-refractivity contribution in [1.29, 1.82) is 0 Å². The second kappa shape index (κ2) is 5.16. The lowest BCUT2D eigenvalue weighted by Crippen LogP contribution is -2.12. The minimum Gasteiger partial charge on any atom is -0.313 e. The molecule has 0 saturated heterocycles. The smallest absolute Gasteiger partial charge is 0.251 e. The molecule has 5 nitrogen and oxygen atoms in total. The standard InChI is InChI=1S/C14H15N5/c1-2-15-7-11-8-16-14(17-9-11)19-13-6-4-3-5-12(13)10-18-19/h3-6,8-10,15H,2,7H2,1H3. The lowest BCUT2D eigenvalue weighted by molar-refractivity contribution is 0.717. The molecule has 19 heavy (non-hydrogen) atoms. The molecule has 0 spiro atoms. The van der Waals surface area contributed by atoms with E-state index < -0.39 is 0 Å². The maximum absolute atomic E-state index is 4.37. The van der Waals surface area contributed by atoms with E-state index in [1.807, 2.05) is 42.9 Å². The van der Waals surface area contributed by atoms with Crippen LogP contribution in [0.25, 0.3) is 16.9 Å². The fourth-order valence-electron chi connectivity index (χ4n) is 1.95. The Morgan fingerprint density at radius 3 is 2.68 bits per heavy atom. The second-order valence-electron chi connectivity index (χ2n) is 4.29. The van der Waals surface area contributed by atoms with E-state index in [2.05, 4.69) is 27.3 Å². The molecule has 0 aliphatic heterocycles. The molecule has 0 atom stereocenters.